The standard InChI is InChI=1S/C18H14F3N3O4S.C2HF3O2/c19-18(20,21)29(27,28)14-3-1-13(2-4-14)24-15(25)17(7-8-17)23(16(24)26)11-12-5-9-22-10-6-12;3-2(4,5)1(6)7/h1-6,9-10H,7-8,11H2;(H,6,7). The van der Waals surface area contributed by atoms with Crippen molar-refractivity contribution in [2.45, 2.75) is 41.5 Å². The summed E-state index contributed by atoms with van der Waals surface area (Å²) >= 11 is 0. The number of urea groups is 1. The molecule has 1 aromatic carbocycles. The number of halogens is 6. The number of alkyl halides is 6. The summed E-state index contributed by atoms with van der Waals surface area (Å²) in [5, 5.41) is 7.12. The molecule has 0 unspecified atom stereocenters. The Labute approximate surface area is 198 Å². The Morgan fingerprint density at radius 3 is 1.89 bits per heavy atom. The van der Waals surface area contributed by atoms with Crippen LogP contribution in [0.3, 0.4) is 0 Å². The summed E-state index contributed by atoms with van der Waals surface area (Å²) in [4.78, 5) is 40.0. The van der Waals surface area contributed by atoms with Crippen LogP contribution in [0.5, 0.6) is 0 Å². The van der Waals surface area contributed by atoms with Gasteiger partial charge in [0, 0.05) is 18.9 Å². The van der Waals surface area contributed by atoms with Gasteiger partial charge in [-0.1, -0.05) is 0 Å². The van der Waals surface area contributed by atoms with E-state index in [2.05, 4.69) is 4.98 Å². The second kappa shape index (κ2) is 9.07. The van der Waals surface area contributed by atoms with Crippen molar-refractivity contribution in [3.63, 3.8) is 0 Å². The summed E-state index contributed by atoms with van der Waals surface area (Å²) < 4.78 is 92.8. The van der Waals surface area contributed by atoms with Crippen molar-refractivity contribution in [2.24, 2.45) is 0 Å². The molecule has 2 fully saturated rings. The second-order valence-corrected chi connectivity index (χ2v) is 9.58. The van der Waals surface area contributed by atoms with Gasteiger partial charge in [-0.05, 0) is 54.8 Å². The van der Waals surface area contributed by atoms with Crippen LogP contribution >= 0.6 is 0 Å². The molecule has 1 aliphatic heterocycles. The number of aromatic nitrogens is 1. The first-order valence-corrected chi connectivity index (χ1v) is 11.3. The number of aliphatic carboxylic acids is 1. The number of sulfone groups is 1. The molecule has 9 nitrogen and oxygen atoms in total. The molecule has 1 N–H and O–H groups in total. The third-order valence-electron chi connectivity index (χ3n) is 5.31. The van der Waals surface area contributed by atoms with Crippen LogP contribution in [0.1, 0.15) is 18.4 Å². The summed E-state index contributed by atoms with van der Waals surface area (Å²) in [6, 6.07) is 6.37. The maximum Gasteiger partial charge on any atom is 0.501 e. The molecule has 194 valence electrons. The molecule has 3 amide bonds. The van der Waals surface area contributed by atoms with Gasteiger partial charge in [0.15, 0.2) is 0 Å². The van der Waals surface area contributed by atoms with Gasteiger partial charge in [0.25, 0.3) is 15.7 Å². The number of pyridine rings is 1. The fraction of sp³-hybridized carbons (Fsp3) is 0.300. The zero-order chi connectivity index (χ0) is 27.1. The van der Waals surface area contributed by atoms with Crippen LogP contribution in [0.15, 0.2) is 53.7 Å². The number of imide groups is 1. The number of carboxylic acids is 1. The number of hydrogen-bond acceptors (Lipinski definition) is 6. The Hall–Kier alpha value is -3.69. The van der Waals surface area contributed by atoms with Crippen LogP contribution in [-0.2, 0) is 26.0 Å². The lowest BCUT2D eigenvalue weighted by Gasteiger charge is -2.21. The van der Waals surface area contributed by atoms with Crippen molar-refractivity contribution < 1.29 is 54.3 Å². The van der Waals surface area contributed by atoms with Gasteiger partial charge in [0.05, 0.1) is 10.6 Å². The molecule has 36 heavy (non-hydrogen) atoms. The fourth-order valence-corrected chi connectivity index (χ4v) is 4.10. The van der Waals surface area contributed by atoms with E-state index in [1.165, 1.54) is 4.90 Å². The molecule has 1 aromatic heterocycles. The van der Waals surface area contributed by atoms with E-state index < -0.39 is 49.9 Å². The van der Waals surface area contributed by atoms with Crippen molar-refractivity contribution in [1.29, 1.82) is 0 Å². The maximum absolute atomic E-state index is 12.9. The third-order valence-corrected chi connectivity index (χ3v) is 6.81. The average Bonchev–Trinajstić information content (AvgIpc) is 3.56. The van der Waals surface area contributed by atoms with Crippen LogP contribution in [-0.4, -0.2) is 58.5 Å². The molecule has 2 aliphatic rings. The molecule has 0 bridgehead atoms. The Morgan fingerprint density at radius 2 is 1.47 bits per heavy atom. The maximum atomic E-state index is 12.9. The van der Waals surface area contributed by atoms with Crippen molar-refractivity contribution in [2.75, 3.05) is 4.90 Å². The number of benzene rings is 1. The third kappa shape index (κ3) is 4.98. The van der Waals surface area contributed by atoms with E-state index in [-0.39, 0.29) is 12.2 Å². The van der Waals surface area contributed by atoms with Crippen LogP contribution in [0.25, 0.3) is 0 Å². The van der Waals surface area contributed by atoms with Crippen molar-refractivity contribution in [1.82, 2.24) is 9.88 Å². The fourth-order valence-electron chi connectivity index (χ4n) is 3.34. The number of carboxylic acid groups (broad SMARTS) is 1. The average molecular weight is 539 g/mol. The number of amides is 3. The Kier molecular flexibility index (Phi) is 6.78. The quantitative estimate of drug-likeness (QED) is 0.466. The van der Waals surface area contributed by atoms with Crippen LogP contribution in [0.4, 0.5) is 36.8 Å². The Bertz CT molecular complexity index is 1280. The lowest BCUT2D eigenvalue weighted by Crippen LogP contribution is -2.36. The zero-order valence-electron chi connectivity index (χ0n) is 17.7. The molecule has 1 saturated heterocycles. The molecule has 1 saturated carbocycles. The first-order chi connectivity index (χ1) is 16.5. The van der Waals surface area contributed by atoms with Gasteiger partial charge in [-0.25, -0.2) is 22.9 Å². The van der Waals surface area contributed by atoms with E-state index in [1.54, 1.807) is 24.5 Å². The SMILES string of the molecule is O=C(O)C(F)(F)F.O=C1N(c2ccc(S(=O)(=O)C(F)(F)F)cc2)C(=O)C2(CC2)N1Cc1ccncc1. The molecule has 0 atom stereocenters. The van der Waals surface area contributed by atoms with Crippen molar-refractivity contribution in [3.05, 3.63) is 54.4 Å². The molecular weight excluding hydrogens is 524 g/mol. The van der Waals surface area contributed by atoms with Crippen LogP contribution < -0.4 is 4.90 Å². The van der Waals surface area contributed by atoms with Crippen molar-refractivity contribution >= 4 is 33.4 Å². The van der Waals surface area contributed by atoms with E-state index in [9.17, 15) is 44.3 Å². The first kappa shape index (κ1) is 26.9. The minimum atomic E-state index is -5.51. The smallest absolute Gasteiger partial charge is 0.475 e. The van der Waals surface area contributed by atoms with Gasteiger partial charge in [0.1, 0.15) is 5.54 Å². The van der Waals surface area contributed by atoms with Gasteiger partial charge >= 0.3 is 23.7 Å². The topological polar surface area (TPSA) is 125 Å². The monoisotopic (exact) mass is 539 g/mol. The van der Waals surface area contributed by atoms with Gasteiger partial charge in [-0.15, -0.1) is 0 Å². The number of rotatable bonds is 4. The van der Waals surface area contributed by atoms with Crippen LogP contribution in [0, 0.1) is 0 Å². The molecule has 0 radical (unpaired) electrons. The Balaban J connectivity index is 0.000000454. The van der Waals surface area contributed by atoms with Gasteiger partial charge in [-0.2, -0.15) is 26.3 Å². The molecule has 4 rings (SSSR count). The lowest BCUT2D eigenvalue weighted by molar-refractivity contribution is -0.192. The highest BCUT2D eigenvalue weighted by Crippen LogP contribution is 2.49. The highest BCUT2D eigenvalue weighted by Gasteiger charge is 2.65. The molecular formula is C20H15F6N3O6S. The van der Waals surface area contributed by atoms with Crippen molar-refractivity contribution in [3.8, 4) is 0 Å². The molecule has 1 aliphatic carbocycles. The summed E-state index contributed by atoms with van der Waals surface area (Å²) in [6.07, 6.45) is -0.983. The van der Waals surface area contributed by atoms with Crippen LogP contribution in [0.2, 0.25) is 0 Å². The minimum absolute atomic E-state index is 0.0182. The number of carbonyl (C=O) groups is 3. The minimum Gasteiger partial charge on any atom is -0.475 e. The molecule has 1 spiro atoms. The van der Waals surface area contributed by atoms with E-state index in [0.29, 0.717) is 12.8 Å². The summed E-state index contributed by atoms with van der Waals surface area (Å²) in [5.74, 6) is -3.23. The predicted octanol–water partition coefficient (Wildman–Crippen LogP) is 3.51. The zero-order valence-corrected chi connectivity index (χ0v) is 18.6. The number of hydrogen-bond donors (Lipinski definition) is 1. The number of nitrogens with zero attached hydrogens (tertiary/aromatic N) is 3. The largest absolute Gasteiger partial charge is 0.501 e. The summed E-state index contributed by atoms with van der Waals surface area (Å²) in [5.41, 5.74) is -5.60. The highest BCUT2D eigenvalue weighted by atomic mass is 32.2. The van der Waals surface area contributed by atoms with Gasteiger partial charge in [-0.3, -0.25) is 9.78 Å². The summed E-state index contributed by atoms with van der Waals surface area (Å²) in [7, 11) is -5.51. The normalized spacial score (nSPS) is 17.2. The van der Waals surface area contributed by atoms with E-state index in [0.717, 1.165) is 34.7 Å². The number of anilines is 1. The Morgan fingerprint density at radius 1 is 0.972 bits per heavy atom. The van der Waals surface area contributed by atoms with E-state index in [1.807, 2.05) is 0 Å². The molecule has 2 aromatic rings. The molecule has 2 heterocycles. The highest BCUT2D eigenvalue weighted by molar-refractivity contribution is 7.92. The first-order valence-electron chi connectivity index (χ1n) is 9.79. The molecule has 16 heteroatoms. The second-order valence-electron chi connectivity index (χ2n) is 7.64. The number of carbonyl (C=O) groups excluding carboxylic acids is 2. The van der Waals surface area contributed by atoms with Gasteiger partial charge < -0.3 is 10.0 Å². The van der Waals surface area contributed by atoms with Gasteiger partial charge in [0.2, 0.25) is 0 Å². The summed E-state index contributed by atoms with van der Waals surface area (Å²) in [6.45, 7) is 0.185. The van der Waals surface area contributed by atoms with E-state index >= 15 is 0 Å². The lowest BCUT2D eigenvalue weighted by atomic mass is 10.2. The predicted molar refractivity (Wildman–Crippen MR) is 108 cm³/mol. The van der Waals surface area contributed by atoms with E-state index in [4.69, 9.17) is 9.90 Å².